The van der Waals surface area contributed by atoms with Crippen LogP contribution in [-0.4, -0.2) is 45.3 Å². The molecule has 1 aliphatic heterocycles. The van der Waals surface area contributed by atoms with Crippen LogP contribution in [0.1, 0.15) is 0 Å². The van der Waals surface area contributed by atoms with Crippen molar-refractivity contribution in [3.8, 4) is 5.82 Å². The van der Waals surface area contributed by atoms with Gasteiger partial charge in [-0.3, -0.25) is 4.79 Å². The van der Waals surface area contributed by atoms with Gasteiger partial charge in [-0.05, 0) is 6.07 Å². The highest BCUT2D eigenvalue weighted by Gasteiger charge is 2.17. The average Bonchev–Trinajstić information content (AvgIpc) is 2.93. The molecule has 92 valence electrons. The molecule has 0 aliphatic carbocycles. The molecule has 2 aromatic heterocycles. The Hall–Kier alpha value is -2.44. The Morgan fingerprint density at radius 1 is 1.28 bits per heavy atom. The van der Waals surface area contributed by atoms with Crippen molar-refractivity contribution in [1.29, 1.82) is 0 Å². The summed E-state index contributed by atoms with van der Waals surface area (Å²) in [5.41, 5.74) is 0. The third-order valence-electron chi connectivity index (χ3n) is 2.74. The van der Waals surface area contributed by atoms with E-state index in [1.807, 2.05) is 23.2 Å². The molecule has 7 nitrogen and oxygen atoms in total. The predicted molar refractivity (Wildman–Crippen MR) is 64.4 cm³/mol. The number of carbonyl (C=O) groups excluding carboxylic acids is 1. The zero-order chi connectivity index (χ0) is 12.4. The number of aromatic nitrogens is 4. The summed E-state index contributed by atoms with van der Waals surface area (Å²) >= 11 is 0. The summed E-state index contributed by atoms with van der Waals surface area (Å²) in [7, 11) is 0. The van der Waals surface area contributed by atoms with Gasteiger partial charge >= 0.3 is 0 Å². The number of amides is 1. The highest BCUT2D eigenvalue weighted by molar-refractivity contribution is 5.82. The number of hydrogen-bond donors (Lipinski definition) is 1. The summed E-state index contributed by atoms with van der Waals surface area (Å²) < 4.78 is 1.66. The second-order valence-corrected chi connectivity index (χ2v) is 3.96. The minimum Gasteiger partial charge on any atom is -0.353 e. The third kappa shape index (κ3) is 2.02. The highest BCUT2D eigenvalue weighted by atomic mass is 16.2. The number of hydrogen-bond acceptors (Lipinski definition) is 5. The summed E-state index contributed by atoms with van der Waals surface area (Å²) in [5, 5.41) is 6.90. The maximum Gasteiger partial charge on any atom is 0.239 e. The Morgan fingerprint density at radius 2 is 2.17 bits per heavy atom. The van der Waals surface area contributed by atoms with Crippen molar-refractivity contribution in [3.05, 3.63) is 30.9 Å². The number of nitrogens with one attached hydrogen (secondary N) is 1. The lowest BCUT2D eigenvalue weighted by molar-refractivity contribution is -0.120. The topological polar surface area (TPSA) is 75.9 Å². The van der Waals surface area contributed by atoms with Crippen molar-refractivity contribution in [2.24, 2.45) is 0 Å². The van der Waals surface area contributed by atoms with E-state index in [0.29, 0.717) is 18.9 Å². The number of rotatable bonds is 2. The maximum absolute atomic E-state index is 11.3. The van der Waals surface area contributed by atoms with E-state index in [1.165, 1.54) is 6.33 Å². The standard InChI is InChI=1S/C11H12N6O/c18-11-7-16(5-3-12-11)9-6-10(14-8-13-9)17-4-1-2-15-17/h1-2,4,6,8H,3,5,7H2,(H,12,18). The zero-order valence-electron chi connectivity index (χ0n) is 9.65. The highest BCUT2D eigenvalue weighted by Crippen LogP contribution is 2.13. The SMILES string of the molecule is O=C1CN(c2cc(-n3cccn3)ncn2)CCN1. The molecule has 3 heterocycles. The van der Waals surface area contributed by atoms with Crippen molar-refractivity contribution in [2.45, 2.75) is 0 Å². The van der Waals surface area contributed by atoms with Gasteiger partial charge in [0.2, 0.25) is 5.91 Å². The number of carbonyl (C=O) groups is 1. The van der Waals surface area contributed by atoms with Crippen LogP contribution in [0.5, 0.6) is 0 Å². The van der Waals surface area contributed by atoms with Crippen LogP contribution in [0.25, 0.3) is 5.82 Å². The van der Waals surface area contributed by atoms with Crippen LogP contribution in [-0.2, 0) is 4.79 Å². The van der Waals surface area contributed by atoms with E-state index in [1.54, 1.807) is 10.9 Å². The molecule has 0 bridgehead atoms. The van der Waals surface area contributed by atoms with Gasteiger partial charge in [-0.25, -0.2) is 14.6 Å². The van der Waals surface area contributed by atoms with Crippen LogP contribution in [0.15, 0.2) is 30.9 Å². The number of nitrogens with zero attached hydrogens (tertiary/aromatic N) is 5. The van der Waals surface area contributed by atoms with Crippen molar-refractivity contribution < 1.29 is 4.79 Å². The molecule has 3 rings (SSSR count). The predicted octanol–water partition coefficient (Wildman–Crippen LogP) is -0.402. The average molecular weight is 244 g/mol. The molecule has 18 heavy (non-hydrogen) atoms. The van der Waals surface area contributed by atoms with Crippen LogP contribution < -0.4 is 10.2 Å². The summed E-state index contributed by atoms with van der Waals surface area (Å²) in [6, 6.07) is 3.65. The van der Waals surface area contributed by atoms with Gasteiger partial charge in [-0.2, -0.15) is 5.10 Å². The summed E-state index contributed by atoms with van der Waals surface area (Å²) in [5.74, 6) is 1.45. The molecular weight excluding hydrogens is 232 g/mol. The normalized spacial score (nSPS) is 15.6. The lowest BCUT2D eigenvalue weighted by atomic mass is 10.3. The van der Waals surface area contributed by atoms with E-state index in [4.69, 9.17) is 0 Å². The molecule has 1 fully saturated rings. The van der Waals surface area contributed by atoms with E-state index in [9.17, 15) is 4.79 Å². The Labute approximate surface area is 103 Å². The summed E-state index contributed by atoms with van der Waals surface area (Å²) in [4.78, 5) is 21.6. The second kappa shape index (κ2) is 4.44. The molecule has 1 N–H and O–H groups in total. The first-order valence-electron chi connectivity index (χ1n) is 5.66. The van der Waals surface area contributed by atoms with E-state index < -0.39 is 0 Å². The summed E-state index contributed by atoms with van der Waals surface area (Å²) in [6.07, 6.45) is 4.99. The Balaban J connectivity index is 1.89. The fourth-order valence-electron chi connectivity index (χ4n) is 1.87. The Morgan fingerprint density at radius 3 is 2.94 bits per heavy atom. The lowest BCUT2D eigenvalue weighted by Crippen LogP contribution is -2.48. The molecule has 0 radical (unpaired) electrons. The molecule has 0 atom stereocenters. The van der Waals surface area contributed by atoms with E-state index >= 15 is 0 Å². The van der Waals surface area contributed by atoms with Crippen molar-refractivity contribution in [3.63, 3.8) is 0 Å². The molecule has 0 unspecified atom stereocenters. The van der Waals surface area contributed by atoms with Crippen molar-refractivity contribution >= 4 is 11.7 Å². The third-order valence-corrected chi connectivity index (χ3v) is 2.74. The lowest BCUT2D eigenvalue weighted by Gasteiger charge is -2.27. The van der Waals surface area contributed by atoms with Gasteiger partial charge in [0.1, 0.15) is 12.1 Å². The summed E-state index contributed by atoms with van der Waals surface area (Å²) in [6.45, 7) is 1.72. The molecule has 1 saturated heterocycles. The first-order valence-corrected chi connectivity index (χ1v) is 5.66. The van der Waals surface area contributed by atoms with Crippen LogP contribution in [0.4, 0.5) is 5.82 Å². The van der Waals surface area contributed by atoms with Crippen molar-refractivity contribution in [1.82, 2.24) is 25.1 Å². The fourth-order valence-corrected chi connectivity index (χ4v) is 1.87. The molecule has 0 aromatic carbocycles. The van der Waals surface area contributed by atoms with Gasteiger partial charge in [0.05, 0.1) is 6.54 Å². The van der Waals surface area contributed by atoms with Gasteiger partial charge in [0.25, 0.3) is 0 Å². The van der Waals surface area contributed by atoms with E-state index in [2.05, 4.69) is 20.4 Å². The molecule has 1 amide bonds. The molecule has 0 saturated carbocycles. The van der Waals surface area contributed by atoms with Gasteiger partial charge in [-0.15, -0.1) is 0 Å². The Bertz CT molecular complexity index is 552. The van der Waals surface area contributed by atoms with Gasteiger partial charge < -0.3 is 10.2 Å². The van der Waals surface area contributed by atoms with Crippen LogP contribution in [0.3, 0.4) is 0 Å². The van der Waals surface area contributed by atoms with E-state index in [0.717, 1.165) is 12.4 Å². The van der Waals surface area contributed by atoms with Gasteiger partial charge in [0, 0.05) is 31.5 Å². The molecule has 0 spiro atoms. The molecule has 2 aromatic rings. The van der Waals surface area contributed by atoms with Crippen LogP contribution in [0.2, 0.25) is 0 Å². The number of anilines is 1. The monoisotopic (exact) mass is 244 g/mol. The second-order valence-electron chi connectivity index (χ2n) is 3.96. The van der Waals surface area contributed by atoms with Gasteiger partial charge in [-0.1, -0.05) is 0 Å². The molecule has 1 aliphatic rings. The minimum atomic E-state index is 0.0144. The zero-order valence-corrected chi connectivity index (χ0v) is 9.65. The first-order chi connectivity index (χ1) is 8.83. The van der Waals surface area contributed by atoms with Gasteiger partial charge in [0.15, 0.2) is 5.82 Å². The van der Waals surface area contributed by atoms with E-state index in [-0.39, 0.29) is 5.91 Å². The fraction of sp³-hybridized carbons (Fsp3) is 0.273. The van der Waals surface area contributed by atoms with Crippen LogP contribution >= 0.6 is 0 Å². The largest absolute Gasteiger partial charge is 0.353 e. The minimum absolute atomic E-state index is 0.0144. The maximum atomic E-state index is 11.3. The smallest absolute Gasteiger partial charge is 0.239 e. The first kappa shape index (κ1) is 10.7. The number of piperazine rings is 1. The van der Waals surface area contributed by atoms with Crippen molar-refractivity contribution in [2.75, 3.05) is 24.5 Å². The quantitative estimate of drug-likeness (QED) is 0.777. The molecule has 7 heteroatoms. The Kier molecular flexibility index (Phi) is 2.64. The van der Waals surface area contributed by atoms with Crippen LogP contribution in [0, 0.1) is 0 Å². The molecular formula is C11H12N6O.